The first-order valence-electron chi connectivity index (χ1n) is 13.0. The van der Waals surface area contributed by atoms with Gasteiger partial charge in [-0.2, -0.15) is 0 Å². The predicted octanol–water partition coefficient (Wildman–Crippen LogP) is 4.57. The highest BCUT2D eigenvalue weighted by molar-refractivity contribution is 5.52. The van der Waals surface area contributed by atoms with E-state index in [2.05, 4.69) is 81.4 Å². The number of ether oxygens (including phenoxy) is 3. The molecule has 2 aliphatic heterocycles. The first-order chi connectivity index (χ1) is 17.8. The maximum absolute atomic E-state index is 5.53. The van der Waals surface area contributed by atoms with E-state index in [-0.39, 0.29) is 0 Å². The number of hydrogen-bond acceptors (Lipinski definition) is 6. The van der Waals surface area contributed by atoms with Gasteiger partial charge in [0.1, 0.15) is 5.75 Å². The topological polar surface area (TPSA) is 37.4 Å². The van der Waals surface area contributed by atoms with Crippen molar-refractivity contribution in [2.24, 2.45) is 0 Å². The summed E-state index contributed by atoms with van der Waals surface area (Å²) in [5, 5.41) is 0. The average Bonchev–Trinajstić information content (AvgIpc) is 2.94. The first kappa shape index (κ1) is 24.6. The zero-order valence-electron chi connectivity index (χ0n) is 21.3. The SMILES string of the molecule is COc1cccc(CN(Cc2ccc(N3CCOCC3)cc2)c2cccc(CN3CCOCC3)c2)c1. The fraction of sp³-hybridized carbons (Fsp3) is 0.400. The van der Waals surface area contributed by atoms with Crippen LogP contribution in [-0.4, -0.2) is 64.6 Å². The Hall–Kier alpha value is -3.06. The molecule has 3 aromatic rings. The number of morpholine rings is 2. The van der Waals surface area contributed by atoms with Crippen molar-refractivity contribution in [3.8, 4) is 5.75 Å². The molecule has 0 aliphatic carbocycles. The molecule has 0 atom stereocenters. The highest BCUT2D eigenvalue weighted by Gasteiger charge is 2.15. The van der Waals surface area contributed by atoms with E-state index < -0.39 is 0 Å². The van der Waals surface area contributed by atoms with Crippen LogP contribution in [0.1, 0.15) is 16.7 Å². The quantitative estimate of drug-likeness (QED) is 0.440. The fourth-order valence-electron chi connectivity index (χ4n) is 4.95. The van der Waals surface area contributed by atoms with Crippen LogP contribution in [0.2, 0.25) is 0 Å². The molecule has 0 bridgehead atoms. The minimum absolute atomic E-state index is 0.802. The van der Waals surface area contributed by atoms with E-state index in [0.717, 1.165) is 78.0 Å². The zero-order chi connectivity index (χ0) is 24.6. The molecule has 5 rings (SSSR count). The maximum atomic E-state index is 5.53. The molecule has 0 unspecified atom stereocenters. The van der Waals surface area contributed by atoms with Gasteiger partial charge in [0, 0.05) is 57.2 Å². The molecular formula is C30H37N3O3. The van der Waals surface area contributed by atoms with Crippen LogP contribution < -0.4 is 14.5 Å². The summed E-state index contributed by atoms with van der Waals surface area (Å²) in [4.78, 5) is 7.33. The Morgan fingerprint density at radius 3 is 2.14 bits per heavy atom. The summed E-state index contributed by atoms with van der Waals surface area (Å²) >= 11 is 0. The van der Waals surface area contributed by atoms with E-state index >= 15 is 0 Å². The van der Waals surface area contributed by atoms with E-state index in [1.807, 2.05) is 6.07 Å². The highest BCUT2D eigenvalue weighted by atomic mass is 16.5. The largest absolute Gasteiger partial charge is 0.497 e. The van der Waals surface area contributed by atoms with Gasteiger partial charge < -0.3 is 24.0 Å². The van der Waals surface area contributed by atoms with Crippen molar-refractivity contribution in [1.82, 2.24) is 4.90 Å². The van der Waals surface area contributed by atoms with Gasteiger partial charge in [0.2, 0.25) is 0 Å². The lowest BCUT2D eigenvalue weighted by molar-refractivity contribution is 0.0342. The van der Waals surface area contributed by atoms with Crippen LogP contribution in [0.25, 0.3) is 0 Å². The van der Waals surface area contributed by atoms with E-state index in [1.54, 1.807) is 7.11 Å². The third-order valence-electron chi connectivity index (χ3n) is 6.98. The minimum Gasteiger partial charge on any atom is -0.497 e. The number of nitrogens with zero attached hydrogens (tertiary/aromatic N) is 3. The lowest BCUT2D eigenvalue weighted by Gasteiger charge is -2.30. The first-order valence-corrected chi connectivity index (χ1v) is 13.0. The Morgan fingerprint density at radius 2 is 1.39 bits per heavy atom. The van der Waals surface area contributed by atoms with Gasteiger partial charge in [-0.15, -0.1) is 0 Å². The van der Waals surface area contributed by atoms with Gasteiger partial charge in [-0.1, -0.05) is 36.4 Å². The fourth-order valence-corrected chi connectivity index (χ4v) is 4.95. The number of methoxy groups -OCH3 is 1. The Labute approximate surface area is 215 Å². The van der Waals surface area contributed by atoms with Crippen LogP contribution in [-0.2, 0) is 29.1 Å². The molecule has 0 aromatic heterocycles. The van der Waals surface area contributed by atoms with Crippen molar-refractivity contribution < 1.29 is 14.2 Å². The maximum Gasteiger partial charge on any atom is 0.119 e. The monoisotopic (exact) mass is 487 g/mol. The second kappa shape index (κ2) is 12.3. The molecule has 2 saturated heterocycles. The normalized spacial score (nSPS) is 16.6. The van der Waals surface area contributed by atoms with Gasteiger partial charge in [0.05, 0.1) is 33.5 Å². The summed E-state index contributed by atoms with van der Waals surface area (Å²) in [6.07, 6.45) is 0. The molecule has 0 amide bonds. The molecule has 36 heavy (non-hydrogen) atoms. The summed E-state index contributed by atoms with van der Waals surface area (Å²) in [7, 11) is 1.72. The van der Waals surface area contributed by atoms with Crippen LogP contribution in [0, 0.1) is 0 Å². The Kier molecular flexibility index (Phi) is 8.39. The molecular weight excluding hydrogens is 450 g/mol. The zero-order valence-corrected chi connectivity index (χ0v) is 21.3. The lowest BCUT2D eigenvalue weighted by atomic mass is 10.1. The van der Waals surface area contributed by atoms with E-state index in [4.69, 9.17) is 14.2 Å². The second-order valence-electron chi connectivity index (χ2n) is 9.53. The summed E-state index contributed by atoms with van der Waals surface area (Å²) < 4.78 is 16.5. The molecule has 3 aromatic carbocycles. The molecule has 0 saturated carbocycles. The molecule has 6 nitrogen and oxygen atoms in total. The summed E-state index contributed by atoms with van der Waals surface area (Å²) in [6.45, 7) is 9.75. The second-order valence-corrected chi connectivity index (χ2v) is 9.53. The van der Waals surface area contributed by atoms with Gasteiger partial charge in [-0.05, 0) is 53.1 Å². The summed E-state index contributed by atoms with van der Waals surface area (Å²) in [6, 6.07) is 26.4. The number of hydrogen-bond donors (Lipinski definition) is 0. The minimum atomic E-state index is 0.802. The third-order valence-corrected chi connectivity index (χ3v) is 6.98. The number of anilines is 2. The van der Waals surface area contributed by atoms with Gasteiger partial charge in [-0.25, -0.2) is 0 Å². The molecule has 190 valence electrons. The van der Waals surface area contributed by atoms with Gasteiger partial charge in [-0.3, -0.25) is 4.90 Å². The van der Waals surface area contributed by atoms with Gasteiger partial charge >= 0.3 is 0 Å². The molecule has 0 radical (unpaired) electrons. The Balaban J connectivity index is 1.36. The smallest absolute Gasteiger partial charge is 0.119 e. The van der Waals surface area contributed by atoms with Crippen LogP contribution in [0.5, 0.6) is 5.75 Å². The number of rotatable bonds is 9. The van der Waals surface area contributed by atoms with E-state index in [0.29, 0.717) is 0 Å². The van der Waals surface area contributed by atoms with Crippen molar-refractivity contribution in [3.63, 3.8) is 0 Å². The van der Waals surface area contributed by atoms with Crippen molar-refractivity contribution in [3.05, 3.63) is 89.5 Å². The summed E-state index contributed by atoms with van der Waals surface area (Å²) in [5.74, 6) is 0.892. The van der Waals surface area contributed by atoms with Crippen molar-refractivity contribution >= 4 is 11.4 Å². The van der Waals surface area contributed by atoms with Crippen molar-refractivity contribution in [2.75, 3.05) is 69.5 Å². The van der Waals surface area contributed by atoms with Gasteiger partial charge in [0.25, 0.3) is 0 Å². The van der Waals surface area contributed by atoms with Crippen molar-refractivity contribution in [1.29, 1.82) is 0 Å². The van der Waals surface area contributed by atoms with Crippen LogP contribution in [0.15, 0.2) is 72.8 Å². The van der Waals surface area contributed by atoms with Crippen LogP contribution >= 0.6 is 0 Å². The van der Waals surface area contributed by atoms with Crippen molar-refractivity contribution in [2.45, 2.75) is 19.6 Å². The molecule has 2 heterocycles. The average molecular weight is 488 g/mol. The number of benzene rings is 3. The van der Waals surface area contributed by atoms with E-state index in [1.165, 1.54) is 28.1 Å². The highest BCUT2D eigenvalue weighted by Crippen LogP contribution is 2.25. The molecule has 0 N–H and O–H groups in total. The molecule has 6 heteroatoms. The van der Waals surface area contributed by atoms with Gasteiger partial charge in [0.15, 0.2) is 0 Å². The lowest BCUT2D eigenvalue weighted by Crippen LogP contribution is -2.36. The molecule has 0 spiro atoms. The Bertz CT molecular complexity index is 1090. The Morgan fingerprint density at radius 1 is 0.722 bits per heavy atom. The standard InChI is InChI=1S/C30H37N3O3/c1-34-30-7-3-5-27(21-30)24-33(23-25-8-10-28(11-9-25)32-14-18-36-19-15-32)29-6-2-4-26(20-29)22-31-12-16-35-17-13-31/h2-11,20-21H,12-19,22-24H2,1H3. The van der Waals surface area contributed by atoms with E-state index in [9.17, 15) is 0 Å². The third kappa shape index (κ3) is 6.58. The van der Waals surface area contributed by atoms with Crippen LogP contribution in [0.3, 0.4) is 0 Å². The molecule has 2 aliphatic rings. The predicted molar refractivity (Wildman–Crippen MR) is 145 cm³/mol. The van der Waals surface area contributed by atoms with Crippen LogP contribution in [0.4, 0.5) is 11.4 Å². The molecule has 2 fully saturated rings. The summed E-state index contributed by atoms with van der Waals surface area (Å²) in [5.41, 5.74) is 6.38.